The first-order valence-electron chi connectivity index (χ1n) is 3.91. The quantitative estimate of drug-likeness (QED) is 0.611. The number of hydrogen-bond acceptors (Lipinski definition) is 4. The molecule has 0 bridgehead atoms. The second-order valence-electron chi connectivity index (χ2n) is 2.55. The van der Waals surface area contributed by atoms with Crippen LogP contribution in [-0.4, -0.2) is 28.5 Å². The van der Waals surface area contributed by atoms with Crippen molar-refractivity contribution in [2.45, 2.75) is 11.8 Å². The molecule has 14 heavy (non-hydrogen) atoms. The monoisotopic (exact) mass is 210 g/mol. The van der Waals surface area contributed by atoms with Crippen LogP contribution < -0.4 is 0 Å². The van der Waals surface area contributed by atoms with Gasteiger partial charge in [0.25, 0.3) is 0 Å². The fraction of sp³-hybridized carbons (Fsp3) is 0.222. The van der Waals surface area contributed by atoms with Gasteiger partial charge < -0.3 is 5.11 Å². The summed E-state index contributed by atoms with van der Waals surface area (Å²) < 4.78 is 0. The predicted octanol–water partition coefficient (Wildman–Crippen LogP) is 1.90. The van der Waals surface area contributed by atoms with Gasteiger partial charge in [-0.3, -0.25) is 4.98 Å². The summed E-state index contributed by atoms with van der Waals surface area (Å²) in [6.45, 7) is 1.87. The highest BCUT2D eigenvalue weighted by molar-refractivity contribution is 7.98. The minimum Gasteiger partial charge on any atom is -0.477 e. The minimum atomic E-state index is -1.05. The number of aromatic nitrogens is 1. The number of aliphatic carboxylic acids is 1. The molecule has 1 N–H and O–H groups in total. The Labute approximate surface area is 86.1 Å². The van der Waals surface area contributed by atoms with Crippen molar-refractivity contribution in [2.75, 3.05) is 6.26 Å². The molecular weight excluding hydrogens is 200 g/mol. The number of pyridine rings is 1. The highest BCUT2D eigenvalue weighted by Gasteiger charge is 2.03. The van der Waals surface area contributed by atoms with Gasteiger partial charge in [-0.1, -0.05) is 0 Å². The standard InChI is InChI=1S/C9H10N2O2S/c1-6-9(14-2)7(3-4-10-6)11-5-8(12)13/h3-5H,1-2H3,(H,12,13). The van der Waals surface area contributed by atoms with Gasteiger partial charge in [0.15, 0.2) is 0 Å². The summed E-state index contributed by atoms with van der Waals surface area (Å²) >= 11 is 1.50. The van der Waals surface area contributed by atoms with Crippen LogP contribution in [-0.2, 0) is 4.79 Å². The minimum absolute atomic E-state index is 0.646. The molecule has 0 aromatic carbocycles. The van der Waals surface area contributed by atoms with Crippen molar-refractivity contribution in [1.29, 1.82) is 0 Å². The third kappa shape index (κ3) is 2.56. The summed E-state index contributed by atoms with van der Waals surface area (Å²) in [6, 6.07) is 1.69. The van der Waals surface area contributed by atoms with Crippen molar-refractivity contribution in [3.05, 3.63) is 18.0 Å². The smallest absolute Gasteiger partial charge is 0.346 e. The number of thioether (sulfide) groups is 1. The lowest BCUT2D eigenvalue weighted by Gasteiger charge is -2.03. The van der Waals surface area contributed by atoms with E-state index >= 15 is 0 Å². The highest BCUT2D eigenvalue weighted by atomic mass is 32.2. The van der Waals surface area contributed by atoms with Gasteiger partial charge in [-0.05, 0) is 19.2 Å². The maximum absolute atomic E-state index is 10.3. The molecule has 4 nitrogen and oxygen atoms in total. The van der Waals surface area contributed by atoms with Crippen LogP contribution in [0.15, 0.2) is 22.2 Å². The average Bonchev–Trinajstić information content (AvgIpc) is 2.14. The number of rotatable bonds is 3. The molecule has 0 atom stereocenters. The summed E-state index contributed by atoms with van der Waals surface area (Å²) in [5, 5.41) is 8.44. The normalized spacial score (nSPS) is 10.7. The molecule has 74 valence electrons. The molecule has 1 aromatic heterocycles. The van der Waals surface area contributed by atoms with Crippen LogP contribution in [0.4, 0.5) is 5.69 Å². The van der Waals surface area contributed by atoms with Crippen molar-refractivity contribution in [2.24, 2.45) is 4.99 Å². The first kappa shape index (κ1) is 10.7. The van der Waals surface area contributed by atoms with Crippen LogP contribution in [0.5, 0.6) is 0 Å². The van der Waals surface area contributed by atoms with Crippen molar-refractivity contribution in [1.82, 2.24) is 4.98 Å². The third-order valence-corrected chi connectivity index (χ3v) is 2.49. The third-order valence-electron chi connectivity index (χ3n) is 1.58. The number of carbonyl (C=O) groups is 1. The number of carboxylic acids is 1. The molecule has 0 unspecified atom stereocenters. The summed E-state index contributed by atoms with van der Waals surface area (Å²) in [7, 11) is 0. The predicted molar refractivity (Wildman–Crippen MR) is 56.5 cm³/mol. The van der Waals surface area contributed by atoms with Crippen LogP contribution in [0.3, 0.4) is 0 Å². The Morgan fingerprint density at radius 3 is 3.00 bits per heavy atom. The van der Waals surface area contributed by atoms with E-state index in [1.807, 2.05) is 13.2 Å². The maximum Gasteiger partial charge on any atom is 0.346 e. The molecule has 0 fully saturated rings. The number of carboxylic acid groups (broad SMARTS) is 1. The number of hydrogen-bond donors (Lipinski definition) is 1. The van der Waals surface area contributed by atoms with E-state index in [0.29, 0.717) is 5.69 Å². The molecule has 0 aliphatic heterocycles. The first-order chi connectivity index (χ1) is 6.65. The van der Waals surface area contributed by atoms with Gasteiger partial charge in [0, 0.05) is 6.20 Å². The van der Waals surface area contributed by atoms with E-state index in [-0.39, 0.29) is 0 Å². The SMILES string of the molecule is CSc1c(N=CC(=O)O)ccnc1C. The van der Waals surface area contributed by atoms with Crippen LogP contribution in [0.1, 0.15) is 5.69 Å². The van der Waals surface area contributed by atoms with E-state index in [4.69, 9.17) is 5.11 Å². The van der Waals surface area contributed by atoms with E-state index in [0.717, 1.165) is 16.8 Å². The van der Waals surface area contributed by atoms with Crippen molar-refractivity contribution in [3.8, 4) is 0 Å². The van der Waals surface area contributed by atoms with Crippen LogP contribution in [0.2, 0.25) is 0 Å². The van der Waals surface area contributed by atoms with Crippen LogP contribution >= 0.6 is 11.8 Å². The fourth-order valence-electron chi connectivity index (χ4n) is 1.02. The maximum atomic E-state index is 10.3. The topological polar surface area (TPSA) is 62.5 Å². The number of nitrogens with zero attached hydrogens (tertiary/aromatic N) is 2. The Morgan fingerprint density at radius 1 is 1.71 bits per heavy atom. The number of aryl methyl sites for hydroxylation is 1. The molecular formula is C9H10N2O2S. The summed E-state index contributed by atoms with van der Waals surface area (Å²) in [6.07, 6.45) is 4.40. The summed E-state index contributed by atoms with van der Waals surface area (Å²) in [5.41, 5.74) is 1.50. The van der Waals surface area contributed by atoms with Gasteiger partial charge in [0.2, 0.25) is 0 Å². The van der Waals surface area contributed by atoms with Gasteiger partial charge in [-0.2, -0.15) is 0 Å². The Balaban J connectivity index is 3.08. The fourth-order valence-corrected chi connectivity index (χ4v) is 1.70. The van der Waals surface area contributed by atoms with E-state index < -0.39 is 5.97 Å². The lowest BCUT2D eigenvalue weighted by atomic mass is 10.3. The van der Waals surface area contributed by atoms with Crippen molar-refractivity contribution < 1.29 is 9.90 Å². The molecule has 0 aliphatic carbocycles. The molecule has 0 saturated heterocycles. The Bertz CT molecular complexity index is 377. The second-order valence-corrected chi connectivity index (χ2v) is 3.36. The van der Waals surface area contributed by atoms with E-state index in [1.54, 1.807) is 12.3 Å². The second kappa shape index (κ2) is 4.76. The van der Waals surface area contributed by atoms with E-state index in [9.17, 15) is 4.79 Å². The van der Waals surface area contributed by atoms with Gasteiger partial charge in [0.05, 0.1) is 16.3 Å². The van der Waals surface area contributed by atoms with Gasteiger partial charge in [-0.15, -0.1) is 11.8 Å². The lowest BCUT2D eigenvalue weighted by molar-refractivity contribution is -0.128. The molecule has 1 aromatic rings. The lowest BCUT2D eigenvalue weighted by Crippen LogP contribution is -1.94. The summed E-state index contributed by atoms with van der Waals surface area (Å²) in [5.74, 6) is -1.05. The molecule has 0 spiro atoms. The molecule has 1 heterocycles. The van der Waals surface area contributed by atoms with Crippen molar-refractivity contribution >= 4 is 29.6 Å². The molecule has 0 radical (unpaired) electrons. The zero-order chi connectivity index (χ0) is 10.6. The Morgan fingerprint density at radius 2 is 2.43 bits per heavy atom. The van der Waals surface area contributed by atoms with Gasteiger partial charge >= 0.3 is 5.97 Å². The zero-order valence-corrected chi connectivity index (χ0v) is 8.71. The van der Waals surface area contributed by atoms with Crippen molar-refractivity contribution in [3.63, 3.8) is 0 Å². The van der Waals surface area contributed by atoms with Crippen LogP contribution in [0.25, 0.3) is 0 Å². The van der Waals surface area contributed by atoms with Crippen LogP contribution in [0, 0.1) is 6.92 Å². The molecule has 0 saturated carbocycles. The largest absolute Gasteiger partial charge is 0.477 e. The Hall–Kier alpha value is -1.36. The summed E-state index contributed by atoms with van der Waals surface area (Å²) in [4.78, 5) is 19.1. The van der Waals surface area contributed by atoms with Gasteiger partial charge in [0.1, 0.15) is 6.21 Å². The number of aliphatic imine (C=N–C) groups is 1. The van der Waals surface area contributed by atoms with Gasteiger partial charge in [-0.25, -0.2) is 9.79 Å². The zero-order valence-electron chi connectivity index (χ0n) is 7.89. The molecule has 0 aliphatic rings. The Kier molecular flexibility index (Phi) is 3.64. The highest BCUT2D eigenvalue weighted by Crippen LogP contribution is 2.29. The first-order valence-corrected chi connectivity index (χ1v) is 5.14. The van der Waals surface area contributed by atoms with E-state index in [1.165, 1.54) is 11.8 Å². The molecule has 1 rings (SSSR count). The van der Waals surface area contributed by atoms with E-state index in [2.05, 4.69) is 9.98 Å². The molecule has 0 amide bonds. The molecule has 5 heteroatoms. The average molecular weight is 210 g/mol.